The third-order valence-corrected chi connectivity index (χ3v) is 4.17. The second-order valence-electron chi connectivity index (χ2n) is 5.87. The number of carbonyl (C=O) groups is 2. The van der Waals surface area contributed by atoms with Gasteiger partial charge in [0.05, 0.1) is 11.6 Å². The minimum absolute atomic E-state index is 0.216. The first-order valence-electron chi connectivity index (χ1n) is 7.96. The topological polar surface area (TPSA) is 157 Å². The Morgan fingerprint density at radius 3 is 2.11 bits per heavy atom. The number of nitrogen functional groups attached to an aromatic ring is 1. The standard InChI is InChI=1S/C20H13N3O5/c21-9-10-2-1-3-13(8-10)11-4-6-12(7-5-11)14-15(19(25)26)17(22)23-18(24)16(14)20(27)28/h1-8H,(H,25,26)(H,27,28)(H3,22,23,24). The van der Waals surface area contributed by atoms with Crippen molar-refractivity contribution in [1.82, 2.24) is 4.98 Å². The van der Waals surface area contributed by atoms with Gasteiger partial charge >= 0.3 is 11.9 Å². The van der Waals surface area contributed by atoms with Crippen LogP contribution in [-0.2, 0) is 0 Å². The summed E-state index contributed by atoms with van der Waals surface area (Å²) in [6, 6.07) is 15.2. The molecule has 0 aliphatic heterocycles. The van der Waals surface area contributed by atoms with Crippen molar-refractivity contribution in [3.8, 4) is 28.3 Å². The quantitative estimate of drug-likeness (QED) is 0.545. The smallest absolute Gasteiger partial charge is 0.342 e. The molecule has 0 unspecified atom stereocenters. The van der Waals surface area contributed by atoms with Crippen LogP contribution in [0.2, 0.25) is 0 Å². The zero-order valence-electron chi connectivity index (χ0n) is 14.3. The van der Waals surface area contributed by atoms with E-state index in [-0.39, 0.29) is 11.1 Å². The molecule has 0 fully saturated rings. The van der Waals surface area contributed by atoms with Gasteiger partial charge in [0.2, 0.25) is 0 Å². The van der Waals surface area contributed by atoms with Gasteiger partial charge in [-0.3, -0.25) is 4.79 Å². The summed E-state index contributed by atoms with van der Waals surface area (Å²) in [7, 11) is 0. The van der Waals surface area contributed by atoms with Gasteiger partial charge in [-0.1, -0.05) is 36.4 Å². The Kier molecular flexibility index (Phi) is 4.66. The lowest BCUT2D eigenvalue weighted by molar-refractivity contribution is 0.0695. The highest BCUT2D eigenvalue weighted by Crippen LogP contribution is 2.31. The van der Waals surface area contributed by atoms with Crippen LogP contribution >= 0.6 is 0 Å². The van der Waals surface area contributed by atoms with E-state index in [2.05, 4.69) is 4.98 Å². The van der Waals surface area contributed by atoms with Gasteiger partial charge in [-0.25, -0.2) is 9.59 Å². The summed E-state index contributed by atoms with van der Waals surface area (Å²) in [6.45, 7) is 0. The number of rotatable bonds is 4. The molecule has 0 aliphatic rings. The van der Waals surface area contributed by atoms with Crippen LogP contribution in [0.1, 0.15) is 26.3 Å². The van der Waals surface area contributed by atoms with Crippen LogP contribution < -0.4 is 11.3 Å². The first-order chi connectivity index (χ1) is 13.3. The Bertz CT molecular complexity index is 1200. The molecule has 0 aliphatic carbocycles. The highest BCUT2D eigenvalue weighted by molar-refractivity contribution is 6.07. The Hall–Kier alpha value is -4.38. The molecule has 0 spiro atoms. The number of hydrogen-bond acceptors (Lipinski definition) is 5. The Balaban J connectivity index is 2.22. The number of benzene rings is 2. The monoisotopic (exact) mass is 375 g/mol. The van der Waals surface area contributed by atoms with Crippen molar-refractivity contribution in [2.45, 2.75) is 0 Å². The predicted molar refractivity (Wildman–Crippen MR) is 101 cm³/mol. The third kappa shape index (κ3) is 3.20. The van der Waals surface area contributed by atoms with Gasteiger partial charge in [-0.05, 0) is 28.8 Å². The van der Waals surface area contributed by atoms with E-state index < -0.39 is 34.4 Å². The molecule has 2 aromatic carbocycles. The molecular weight excluding hydrogens is 362 g/mol. The number of aromatic amines is 1. The molecule has 138 valence electrons. The highest BCUT2D eigenvalue weighted by atomic mass is 16.4. The molecule has 3 aromatic rings. The summed E-state index contributed by atoms with van der Waals surface area (Å²) in [6.07, 6.45) is 0. The number of carboxylic acid groups (broad SMARTS) is 2. The lowest BCUT2D eigenvalue weighted by Crippen LogP contribution is -2.24. The average molecular weight is 375 g/mol. The van der Waals surface area contributed by atoms with E-state index in [1.54, 1.807) is 36.4 Å². The second-order valence-corrected chi connectivity index (χ2v) is 5.87. The lowest BCUT2D eigenvalue weighted by Gasteiger charge is -2.12. The van der Waals surface area contributed by atoms with Crippen molar-refractivity contribution in [3.05, 3.63) is 75.6 Å². The summed E-state index contributed by atoms with van der Waals surface area (Å²) >= 11 is 0. The van der Waals surface area contributed by atoms with Crippen molar-refractivity contribution < 1.29 is 19.8 Å². The summed E-state index contributed by atoms with van der Waals surface area (Å²) in [5.41, 5.74) is 5.35. The first-order valence-corrected chi connectivity index (χ1v) is 7.96. The number of aromatic nitrogens is 1. The van der Waals surface area contributed by atoms with E-state index in [1.165, 1.54) is 12.1 Å². The van der Waals surface area contributed by atoms with Gasteiger partial charge in [-0.15, -0.1) is 0 Å². The average Bonchev–Trinajstić information content (AvgIpc) is 2.66. The van der Waals surface area contributed by atoms with Crippen molar-refractivity contribution in [2.75, 3.05) is 5.73 Å². The summed E-state index contributed by atoms with van der Waals surface area (Å²) in [4.78, 5) is 37.3. The molecule has 1 heterocycles. The van der Waals surface area contributed by atoms with E-state index in [1.807, 2.05) is 6.07 Å². The van der Waals surface area contributed by atoms with Crippen LogP contribution in [0.25, 0.3) is 22.3 Å². The molecule has 3 rings (SSSR count). The number of aromatic carboxylic acids is 2. The Labute approximate surface area is 158 Å². The predicted octanol–water partition coefficient (Wildman–Crippen LogP) is 2.56. The molecule has 0 radical (unpaired) electrons. The van der Waals surface area contributed by atoms with E-state index in [0.29, 0.717) is 5.56 Å². The maximum atomic E-state index is 12.1. The molecule has 0 saturated carbocycles. The largest absolute Gasteiger partial charge is 0.478 e. The minimum Gasteiger partial charge on any atom is -0.478 e. The number of anilines is 1. The normalized spacial score (nSPS) is 10.2. The van der Waals surface area contributed by atoms with Gasteiger partial charge in [-0.2, -0.15) is 5.26 Å². The van der Waals surface area contributed by atoms with Crippen LogP contribution in [0.4, 0.5) is 5.82 Å². The molecule has 28 heavy (non-hydrogen) atoms. The fraction of sp³-hybridized carbons (Fsp3) is 0. The lowest BCUT2D eigenvalue weighted by atomic mass is 9.93. The number of pyridine rings is 1. The van der Waals surface area contributed by atoms with Crippen LogP contribution in [0.3, 0.4) is 0 Å². The van der Waals surface area contributed by atoms with E-state index >= 15 is 0 Å². The molecule has 8 heteroatoms. The van der Waals surface area contributed by atoms with Crippen LogP contribution in [0, 0.1) is 11.3 Å². The number of carboxylic acids is 2. The number of hydrogen-bond donors (Lipinski definition) is 4. The Morgan fingerprint density at radius 1 is 0.929 bits per heavy atom. The molecule has 1 aromatic heterocycles. The molecule has 0 atom stereocenters. The van der Waals surface area contributed by atoms with Crippen molar-refractivity contribution in [1.29, 1.82) is 5.26 Å². The van der Waals surface area contributed by atoms with E-state index in [0.717, 1.165) is 11.1 Å². The maximum Gasteiger partial charge on any atom is 0.342 e. The number of nitrogens with two attached hydrogens (primary N) is 1. The summed E-state index contributed by atoms with van der Waals surface area (Å²) < 4.78 is 0. The summed E-state index contributed by atoms with van der Waals surface area (Å²) in [5, 5.41) is 27.9. The molecule has 8 nitrogen and oxygen atoms in total. The number of nitrogens with one attached hydrogen (secondary N) is 1. The maximum absolute atomic E-state index is 12.1. The van der Waals surface area contributed by atoms with Crippen molar-refractivity contribution >= 4 is 17.8 Å². The fourth-order valence-corrected chi connectivity index (χ4v) is 2.93. The van der Waals surface area contributed by atoms with E-state index in [9.17, 15) is 24.6 Å². The van der Waals surface area contributed by atoms with Gasteiger partial charge < -0.3 is 20.9 Å². The van der Waals surface area contributed by atoms with E-state index in [4.69, 9.17) is 11.0 Å². The SMILES string of the molecule is N#Cc1cccc(-c2ccc(-c3c(C(=O)O)c(N)[nH]c(=O)c3C(=O)O)cc2)c1. The molecule has 0 saturated heterocycles. The molecular formula is C20H13N3O5. The first kappa shape index (κ1) is 18.4. The van der Waals surface area contributed by atoms with Gasteiger partial charge in [0, 0.05) is 5.56 Å². The summed E-state index contributed by atoms with van der Waals surface area (Å²) in [5.74, 6) is -3.45. The molecule has 0 bridgehead atoms. The third-order valence-electron chi connectivity index (χ3n) is 4.17. The highest BCUT2D eigenvalue weighted by Gasteiger charge is 2.26. The van der Waals surface area contributed by atoms with Gasteiger partial charge in [0.25, 0.3) is 5.56 Å². The zero-order chi connectivity index (χ0) is 20.4. The minimum atomic E-state index is -1.57. The second kappa shape index (κ2) is 7.09. The Morgan fingerprint density at radius 2 is 1.54 bits per heavy atom. The van der Waals surface area contributed by atoms with Gasteiger partial charge in [0.15, 0.2) is 0 Å². The van der Waals surface area contributed by atoms with Gasteiger partial charge in [0.1, 0.15) is 16.9 Å². The zero-order valence-corrected chi connectivity index (χ0v) is 14.3. The van der Waals surface area contributed by atoms with Crippen molar-refractivity contribution in [2.24, 2.45) is 0 Å². The number of nitriles is 1. The van der Waals surface area contributed by atoms with Crippen molar-refractivity contribution in [3.63, 3.8) is 0 Å². The van der Waals surface area contributed by atoms with Crippen LogP contribution in [0.15, 0.2) is 53.3 Å². The van der Waals surface area contributed by atoms with Crippen LogP contribution in [0.5, 0.6) is 0 Å². The number of nitrogens with zero attached hydrogens (tertiary/aromatic N) is 1. The molecule has 5 N–H and O–H groups in total. The fourth-order valence-electron chi connectivity index (χ4n) is 2.93. The number of H-pyrrole nitrogens is 1. The molecule has 0 amide bonds. The van der Waals surface area contributed by atoms with Crippen LogP contribution in [-0.4, -0.2) is 27.1 Å².